The van der Waals surface area contributed by atoms with E-state index in [-0.39, 0.29) is 12.4 Å². The van der Waals surface area contributed by atoms with Crippen molar-refractivity contribution in [3.8, 4) is 11.5 Å². The molecule has 3 aromatic rings. The van der Waals surface area contributed by atoms with Crippen LogP contribution in [-0.4, -0.2) is 30.4 Å². The van der Waals surface area contributed by atoms with Crippen LogP contribution in [0.25, 0.3) is 0 Å². The summed E-state index contributed by atoms with van der Waals surface area (Å²) in [6.07, 6.45) is 1.76. The lowest BCUT2D eigenvalue weighted by Gasteiger charge is -2.03. The predicted molar refractivity (Wildman–Crippen MR) is 70.6 cm³/mol. The Morgan fingerprint density at radius 2 is 2.24 bits per heavy atom. The summed E-state index contributed by atoms with van der Waals surface area (Å²) in [5.41, 5.74) is 2.11. The van der Waals surface area contributed by atoms with Gasteiger partial charge in [0.05, 0.1) is 12.7 Å². The molecular formula is C13H13N5O3. The Balaban J connectivity index is 1.61. The van der Waals surface area contributed by atoms with E-state index in [4.69, 9.17) is 4.74 Å². The van der Waals surface area contributed by atoms with Crippen LogP contribution in [0.4, 0.5) is 0 Å². The van der Waals surface area contributed by atoms with Gasteiger partial charge in [-0.2, -0.15) is 0 Å². The average molecular weight is 287 g/mol. The monoisotopic (exact) mass is 287 g/mol. The molecule has 0 aliphatic heterocycles. The molecular weight excluding hydrogens is 274 g/mol. The highest BCUT2D eigenvalue weighted by Crippen LogP contribution is 2.18. The maximum atomic E-state index is 9.35. The highest BCUT2D eigenvalue weighted by atomic mass is 16.6. The maximum absolute atomic E-state index is 9.35. The standard InChI is InChI=1S/C13H13N5O3/c1-9-13(16-21-15-9)7-18-6-10(14-17-18)8-20-12-4-2-3-11(19)5-12/h2-6,19H,7-8H2,1H3. The molecule has 0 atom stereocenters. The van der Waals surface area contributed by atoms with Gasteiger partial charge in [0.2, 0.25) is 0 Å². The first kappa shape index (κ1) is 13.1. The van der Waals surface area contributed by atoms with Gasteiger partial charge in [-0.25, -0.2) is 9.31 Å². The molecule has 8 heteroatoms. The van der Waals surface area contributed by atoms with E-state index in [1.165, 1.54) is 6.07 Å². The van der Waals surface area contributed by atoms with Gasteiger partial charge in [-0.1, -0.05) is 21.6 Å². The van der Waals surface area contributed by atoms with Crippen molar-refractivity contribution in [2.75, 3.05) is 0 Å². The van der Waals surface area contributed by atoms with Crippen LogP contribution in [0.15, 0.2) is 35.1 Å². The number of benzene rings is 1. The third-order valence-electron chi connectivity index (χ3n) is 2.85. The average Bonchev–Trinajstić information content (AvgIpc) is 3.07. The van der Waals surface area contributed by atoms with Crippen molar-refractivity contribution in [1.82, 2.24) is 25.3 Å². The molecule has 0 fully saturated rings. The van der Waals surface area contributed by atoms with Crippen molar-refractivity contribution < 1.29 is 14.5 Å². The van der Waals surface area contributed by atoms with Crippen LogP contribution < -0.4 is 4.74 Å². The maximum Gasteiger partial charge on any atom is 0.134 e. The summed E-state index contributed by atoms with van der Waals surface area (Å²) in [6.45, 7) is 2.52. The van der Waals surface area contributed by atoms with Crippen molar-refractivity contribution in [2.45, 2.75) is 20.1 Å². The third-order valence-corrected chi connectivity index (χ3v) is 2.85. The zero-order valence-corrected chi connectivity index (χ0v) is 11.3. The second-order valence-electron chi connectivity index (χ2n) is 4.49. The summed E-state index contributed by atoms with van der Waals surface area (Å²) < 4.78 is 11.8. The Hall–Kier alpha value is -2.90. The zero-order chi connectivity index (χ0) is 14.7. The van der Waals surface area contributed by atoms with Gasteiger partial charge in [-0.3, -0.25) is 0 Å². The van der Waals surface area contributed by atoms with E-state index in [2.05, 4.69) is 25.3 Å². The second kappa shape index (κ2) is 5.61. The topological polar surface area (TPSA) is 99.1 Å². The summed E-state index contributed by atoms with van der Waals surface area (Å²) in [4.78, 5) is 0. The molecule has 0 bridgehead atoms. The van der Waals surface area contributed by atoms with Gasteiger partial charge in [0.25, 0.3) is 0 Å². The lowest BCUT2D eigenvalue weighted by Crippen LogP contribution is -2.02. The number of nitrogens with zero attached hydrogens (tertiary/aromatic N) is 5. The van der Waals surface area contributed by atoms with Crippen LogP contribution in [0, 0.1) is 6.92 Å². The van der Waals surface area contributed by atoms with E-state index in [0.717, 1.165) is 5.69 Å². The summed E-state index contributed by atoms with van der Waals surface area (Å²) >= 11 is 0. The predicted octanol–water partition coefficient (Wildman–Crippen LogP) is 1.30. The van der Waals surface area contributed by atoms with Crippen molar-refractivity contribution >= 4 is 0 Å². The molecule has 0 amide bonds. The molecule has 2 heterocycles. The van der Waals surface area contributed by atoms with Gasteiger partial charge in [0, 0.05) is 6.07 Å². The van der Waals surface area contributed by atoms with Gasteiger partial charge in [-0.15, -0.1) is 5.10 Å². The molecule has 0 aliphatic carbocycles. The van der Waals surface area contributed by atoms with Crippen LogP contribution in [0.1, 0.15) is 17.1 Å². The van der Waals surface area contributed by atoms with Gasteiger partial charge in [0.15, 0.2) is 0 Å². The van der Waals surface area contributed by atoms with Crippen molar-refractivity contribution in [3.63, 3.8) is 0 Å². The number of aromatic hydroxyl groups is 1. The normalized spacial score (nSPS) is 10.7. The quantitative estimate of drug-likeness (QED) is 0.755. The van der Waals surface area contributed by atoms with Gasteiger partial charge in [0.1, 0.15) is 35.2 Å². The Kier molecular flexibility index (Phi) is 3.50. The smallest absolute Gasteiger partial charge is 0.134 e. The highest BCUT2D eigenvalue weighted by molar-refractivity contribution is 5.31. The van der Waals surface area contributed by atoms with Crippen LogP contribution in [-0.2, 0) is 13.2 Å². The fourth-order valence-electron chi connectivity index (χ4n) is 1.76. The Labute approximate surface area is 119 Å². The van der Waals surface area contributed by atoms with Gasteiger partial charge in [-0.05, 0) is 19.1 Å². The van der Waals surface area contributed by atoms with Gasteiger partial charge >= 0.3 is 0 Å². The molecule has 1 aromatic carbocycles. The van der Waals surface area contributed by atoms with Crippen molar-refractivity contribution in [3.05, 3.63) is 47.5 Å². The minimum atomic E-state index is 0.158. The van der Waals surface area contributed by atoms with Crippen LogP contribution in [0.2, 0.25) is 0 Å². The summed E-state index contributed by atoms with van der Waals surface area (Å²) in [5, 5.41) is 24.8. The molecule has 1 N–H and O–H groups in total. The van der Waals surface area contributed by atoms with E-state index in [0.29, 0.717) is 23.7 Å². The number of phenols is 1. The molecule has 3 rings (SSSR count). The zero-order valence-electron chi connectivity index (χ0n) is 11.3. The van der Waals surface area contributed by atoms with E-state index in [1.54, 1.807) is 29.1 Å². The van der Waals surface area contributed by atoms with Crippen LogP contribution >= 0.6 is 0 Å². The lowest BCUT2D eigenvalue weighted by molar-refractivity contribution is 0.299. The van der Waals surface area contributed by atoms with E-state index in [9.17, 15) is 5.11 Å². The number of hydrogen-bond acceptors (Lipinski definition) is 7. The third kappa shape index (κ3) is 3.16. The fraction of sp³-hybridized carbons (Fsp3) is 0.231. The molecule has 8 nitrogen and oxygen atoms in total. The van der Waals surface area contributed by atoms with Crippen LogP contribution in [0.3, 0.4) is 0 Å². The molecule has 0 radical (unpaired) electrons. The van der Waals surface area contributed by atoms with E-state index in [1.807, 2.05) is 6.92 Å². The molecule has 108 valence electrons. The molecule has 0 aliphatic rings. The second-order valence-corrected chi connectivity index (χ2v) is 4.49. The first-order valence-corrected chi connectivity index (χ1v) is 6.29. The van der Waals surface area contributed by atoms with E-state index >= 15 is 0 Å². The van der Waals surface area contributed by atoms with Gasteiger partial charge < -0.3 is 9.84 Å². The summed E-state index contributed by atoms with van der Waals surface area (Å²) in [5.74, 6) is 0.728. The van der Waals surface area contributed by atoms with E-state index < -0.39 is 0 Å². The highest BCUT2D eigenvalue weighted by Gasteiger charge is 2.08. The minimum absolute atomic E-state index is 0.158. The SMILES string of the molecule is Cc1nonc1Cn1cc(COc2cccc(O)c2)nn1. The molecule has 0 unspecified atom stereocenters. The number of aryl methyl sites for hydroxylation is 1. The molecule has 2 aromatic heterocycles. The van der Waals surface area contributed by atoms with Crippen molar-refractivity contribution in [1.29, 1.82) is 0 Å². The first-order valence-electron chi connectivity index (χ1n) is 6.29. The Bertz CT molecular complexity index is 737. The largest absolute Gasteiger partial charge is 0.508 e. The van der Waals surface area contributed by atoms with Crippen molar-refractivity contribution in [2.24, 2.45) is 0 Å². The molecule has 0 saturated carbocycles. The Morgan fingerprint density at radius 1 is 1.33 bits per heavy atom. The first-order chi connectivity index (χ1) is 10.2. The lowest BCUT2D eigenvalue weighted by atomic mass is 10.3. The fourth-order valence-corrected chi connectivity index (χ4v) is 1.76. The summed E-state index contributed by atoms with van der Waals surface area (Å²) in [7, 11) is 0. The minimum Gasteiger partial charge on any atom is -0.508 e. The Morgan fingerprint density at radius 3 is 3.00 bits per heavy atom. The summed E-state index contributed by atoms with van der Waals surface area (Å²) in [6, 6.07) is 6.59. The molecule has 0 spiro atoms. The number of aromatic nitrogens is 5. The molecule has 0 saturated heterocycles. The van der Waals surface area contributed by atoms with Crippen LogP contribution in [0.5, 0.6) is 11.5 Å². The molecule has 21 heavy (non-hydrogen) atoms. The number of ether oxygens (including phenoxy) is 1. The number of phenolic OH excluding ortho intramolecular Hbond substituents is 1. The number of rotatable bonds is 5. The number of hydrogen-bond donors (Lipinski definition) is 1.